The molecule has 8 heteroatoms. The fourth-order valence-corrected chi connectivity index (χ4v) is 4.50. The van der Waals surface area contributed by atoms with Gasteiger partial charge in [-0.05, 0) is 30.9 Å². The molecule has 0 bridgehead atoms. The number of amides is 3. The van der Waals surface area contributed by atoms with Crippen molar-refractivity contribution in [3.8, 4) is 11.5 Å². The van der Waals surface area contributed by atoms with Crippen molar-refractivity contribution < 1.29 is 23.9 Å². The molecule has 2 atom stereocenters. The monoisotopic (exact) mass is 429 g/mol. The van der Waals surface area contributed by atoms with Gasteiger partial charge < -0.3 is 25.0 Å². The molecule has 8 nitrogen and oxygen atoms in total. The van der Waals surface area contributed by atoms with Gasteiger partial charge in [-0.15, -0.1) is 0 Å². The van der Waals surface area contributed by atoms with Crippen molar-refractivity contribution in [3.05, 3.63) is 18.2 Å². The van der Waals surface area contributed by atoms with Crippen LogP contribution in [-0.2, 0) is 14.4 Å². The van der Waals surface area contributed by atoms with E-state index < -0.39 is 12.0 Å². The Morgan fingerprint density at radius 2 is 1.81 bits per heavy atom. The highest BCUT2D eigenvalue weighted by Gasteiger charge is 2.37. The molecular weight excluding hydrogens is 398 g/mol. The van der Waals surface area contributed by atoms with E-state index in [-0.39, 0.29) is 42.6 Å². The van der Waals surface area contributed by atoms with Gasteiger partial charge in [-0.1, -0.05) is 26.7 Å². The number of nitrogens with one attached hydrogen (secondary N) is 2. The Hall–Kier alpha value is -2.77. The molecule has 168 valence electrons. The largest absolute Gasteiger partial charge is 0.486 e. The minimum absolute atomic E-state index is 0.0450. The summed E-state index contributed by atoms with van der Waals surface area (Å²) < 4.78 is 11.1. The third kappa shape index (κ3) is 4.78. The van der Waals surface area contributed by atoms with Crippen molar-refractivity contribution in [1.82, 2.24) is 10.6 Å². The first-order valence-electron chi connectivity index (χ1n) is 11.2. The van der Waals surface area contributed by atoms with Crippen molar-refractivity contribution in [3.63, 3.8) is 0 Å². The average molecular weight is 430 g/mol. The highest BCUT2D eigenvalue weighted by Crippen LogP contribution is 2.36. The molecule has 0 aromatic heterocycles. The van der Waals surface area contributed by atoms with Gasteiger partial charge in [-0.25, -0.2) is 0 Å². The summed E-state index contributed by atoms with van der Waals surface area (Å²) in [7, 11) is 0. The number of benzene rings is 1. The molecule has 1 unspecified atom stereocenters. The number of carbonyl (C=O) groups is 3. The quantitative estimate of drug-likeness (QED) is 0.721. The Bertz CT molecular complexity index is 850. The summed E-state index contributed by atoms with van der Waals surface area (Å²) in [4.78, 5) is 39.9. The highest BCUT2D eigenvalue weighted by molar-refractivity contribution is 6.01. The van der Waals surface area contributed by atoms with E-state index in [2.05, 4.69) is 10.6 Å². The molecule has 1 saturated carbocycles. The Kier molecular flexibility index (Phi) is 6.34. The average Bonchev–Trinajstić information content (AvgIpc) is 3.40. The first kappa shape index (κ1) is 21.5. The van der Waals surface area contributed by atoms with E-state index in [0.717, 1.165) is 25.7 Å². The standard InChI is InChI=1S/C23H31N3O5/c1-14(2)21(23(29)24-16-5-3-4-6-16)25-22(28)15-11-20(27)26(13-15)17-7-8-18-19(12-17)31-10-9-30-18/h7-8,12,14-16,21H,3-6,9-11,13H2,1-2H3,(H,24,29)(H,25,28)/t15?,21-/m1/s1. The van der Waals surface area contributed by atoms with Gasteiger partial charge in [-0.3, -0.25) is 14.4 Å². The van der Waals surface area contributed by atoms with Crippen molar-refractivity contribution in [1.29, 1.82) is 0 Å². The van der Waals surface area contributed by atoms with Crippen molar-refractivity contribution in [2.75, 3.05) is 24.7 Å². The first-order chi connectivity index (χ1) is 14.9. The third-order valence-corrected chi connectivity index (χ3v) is 6.28. The minimum atomic E-state index is -0.605. The van der Waals surface area contributed by atoms with Crippen molar-refractivity contribution in [2.24, 2.45) is 11.8 Å². The first-order valence-corrected chi connectivity index (χ1v) is 11.2. The summed E-state index contributed by atoms with van der Waals surface area (Å²) in [5.41, 5.74) is 0.684. The summed E-state index contributed by atoms with van der Waals surface area (Å²) in [6, 6.07) is 4.96. The molecule has 2 aliphatic heterocycles. The zero-order valence-corrected chi connectivity index (χ0v) is 18.2. The third-order valence-electron chi connectivity index (χ3n) is 6.28. The van der Waals surface area contributed by atoms with Crippen LogP contribution < -0.4 is 25.0 Å². The number of hydrogen-bond donors (Lipinski definition) is 2. The van der Waals surface area contributed by atoms with E-state index in [9.17, 15) is 14.4 Å². The van der Waals surface area contributed by atoms with Gasteiger partial charge in [-0.2, -0.15) is 0 Å². The van der Waals surface area contributed by atoms with Crippen LogP contribution in [0.2, 0.25) is 0 Å². The van der Waals surface area contributed by atoms with Crippen LogP contribution in [0.4, 0.5) is 5.69 Å². The van der Waals surface area contributed by atoms with E-state index in [1.807, 2.05) is 13.8 Å². The normalized spacial score (nSPS) is 22.0. The zero-order chi connectivity index (χ0) is 22.0. The second-order valence-corrected chi connectivity index (χ2v) is 8.95. The fraction of sp³-hybridized carbons (Fsp3) is 0.609. The molecule has 0 radical (unpaired) electrons. The molecule has 3 amide bonds. The Labute approximate surface area is 182 Å². The SMILES string of the molecule is CC(C)[C@@H](NC(=O)C1CC(=O)N(c2ccc3c(c2)OCCO3)C1)C(=O)NC1CCCC1. The van der Waals surface area contributed by atoms with Gasteiger partial charge in [0, 0.05) is 30.8 Å². The van der Waals surface area contributed by atoms with Crippen LogP contribution in [-0.4, -0.2) is 49.6 Å². The predicted molar refractivity (Wildman–Crippen MR) is 115 cm³/mol. The Balaban J connectivity index is 1.39. The van der Waals surface area contributed by atoms with Gasteiger partial charge in [0.15, 0.2) is 11.5 Å². The van der Waals surface area contributed by atoms with Gasteiger partial charge in [0.1, 0.15) is 19.3 Å². The van der Waals surface area contributed by atoms with Crippen LogP contribution in [0.3, 0.4) is 0 Å². The number of anilines is 1. The van der Waals surface area contributed by atoms with E-state index in [1.54, 1.807) is 23.1 Å². The lowest BCUT2D eigenvalue weighted by atomic mass is 10.0. The highest BCUT2D eigenvalue weighted by atomic mass is 16.6. The summed E-state index contributed by atoms with van der Waals surface area (Å²) >= 11 is 0. The van der Waals surface area contributed by atoms with Gasteiger partial charge in [0.05, 0.1) is 5.92 Å². The second-order valence-electron chi connectivity index (χ2n) is 8.95. The molecule has 2 N–H and O–H groups in total. The molecule has 2 fully saturated rings. The van der Waals surface area contributed by atoms with Crippen LogP contribution in [0.15, 0.2) is 18.2 Å². The number of carbonyl (C=O) groups excluding carboxylic acids is 3. The minimum Gasteiger partial charge on any atom is -0.486 e. The molecular formula is C23H31N3O5. The van der Waals surface area contributed by atoms with Gasteiger partial charge in [0.25, 0.3) is 0 Å². The molecule has 3 aliphatic rings. The smallest absolute Gasteiger partial charge is 0.243 e. The molecule has 1 aliphatic carbocycles. The van der Waals surface area contributed by atoms with E-state index >= 15 is 0 Å². The Morgan fingerprint density at radius 3 is 2.52 bits per heavy atom. The summed E-state index contributed by atoms with van der Waals surface area (Å²) in [6.45, 7) is 5.08. The number of fused-ring (bicyclic) bond motifs is 1. The van der Waals surface area contributed by atoms with Crippen molar-refractivity contribution >= 4 is 23.4 Å². The summed E-state index contributed by atoms with van der Waals surface area (Å²) in [5, 5.41) is 5.97. The van der Waals surface area contributed by atoms with Crippen LogP contribution in [0.25, 0.3) is 0 Å². The van der Waals surface area contributed by atoms with Crippen LogP contribution >= 0.6 is 0 Å². The number of rotatable bonds is 6. The van der Waals surface area contributed by atoms with E-state index in [4.69, 9.17) is 9.47 Å². The summed E-state index contributed by atoms with van der Waals surface area (Å²) in [6.07, 6.45) is 4.36. The topological polar surface area (TPSA) is 97.0 Å². The lowest BCUT2D eigenvalue weighted by molar-refractivity contribution is -0.132. The molecule has 2 heterocycles. The summed E-state index contributed by atoms with van der Waals surface area (Å²) in [5.74, 6) is 0.208. The molecule has 0 spiro atoms. The lowest BCUT2D eigenvalue weighted by Gasteiger charge is -2.25. The fourth-order valence-electron chi connectivity index (χ4n) is 4.50. The van der Waals surface area contributed by atoms with Gasteiger partial charge >= 0.3 is 0 Å². The molecule has 4 rings (SSSR count). The van der Waals surface area contributed by atoms with E-state index in [1.165, 1.54) is 0 Å². The molecule has 1 aromatic rings. The van der Waals surface area contributed by atoms with Crippen molar-refractivity contribution in [2.45, 2.75) is 58.0 Å². The molecule has 31 heavy (non-hydrogen) atoms. The van der Waals surface area contributed by atoms with Crippen LogP contribution in [0.1, 0.15) is 46.0 Å². The molecule has 1 saturated heterocycles. The maximum atomic E-state index is 12.9. The molecule has 1 aromatic carbocycles. The second kappa shape index (κ2) is 9.16. The van der Waals surface area contributed by atoms with Crippen LogP contribution in [0, 0.1) is 11.8 Å². The maximum Gasteiger partial charge on any atom is 0.243 e. The zero-order valence-electron chi connectivity index (χ0n) is 18.2. The van der Waals surface area contributed by atoms with Gasteiger partial charge in [0.2, 0.25) is 17.7 Å². The lowest BCUT2D eigenvalue weighted by Crippen LogP contribution is -2.53. The van der Waals surface area contributed by atoms with Crippen LogP contribution in [0.5, 0.6) is 11.5 Å². The number of hydrogen-bond acceptors (Lipinski definition) is 5. The predicted octanol–water partition coefficient (Wildman–Crippen LogP) is 2.01. The number of nitrogens with zero attached hydrogens (tertiary/aromatic N) is 1. The maximum absolute atomic E-state index is 12.9. The number of ether oxygens (including phenoxy) is 2. The Morgan fingerprint density at radius 1 is 1.10 bits per heavy atom. The van der Waals surface area contributed by atoms with E-state index in [0.29, 0.717) is 30.4 Å².